The fourth-order valence-electron chi connectivity index (χ4n) is 3.95. The number of carbonyl (C=O) groups excluding carboxylic acids is 2. The Balaban J connectivity index is 1.82. The van der Waals surface area contributed by atoms with Crippen molar-refractivity contribution in [2.75, 3.05) is 31.2 Å². The minimum Gasteiger partial charge on any atom is -0.478 e. The number of hydrogen-bond donors (Lipinski definition) is 2. The van der Waals surface area contributed by atoms with Crippen LogP contribution in [0.5, 0.6) is 0 Å². The number of anilines is 1. The molecule has 2 aliphatic heterocycles. The summed E-state index contributed by atoms with van der Waals surface area (Å²) in [5, 5.41) is 12.2. The lowest BCUT2D eigenvalue weighted by atomic mass is 9.93. The van der Waals surface area contributed by atoms with Gasteiger partial charge in [-0.15, -0.1) is 0 Å². The predicted molar refractivity (Wildman–Crippen MR) is 114 cm³/mol. The van der Waals surface area contributed by atoms with Gasteiger partial charge in [0.1, 0.15) is 5.82 Å². The molecular weight excluding hydrogens is 417 g/mol. The van der Waals surface area contributed by atoms with Crippen molar-refractivity contribution in [3.05, 3.63) is 76.7 Å². The zero-order chi connectivity index (χ0) is 22.8. The molecule has 2 N–H and O–H groups in total. The average Bonchev–Trinajstić information content (AvgIpc) is 2.79. The van der Waals surface area contributed by atoms with Crippen LogP contribution in [-0.2, 0) is 9.53 Å². The van der Waals surface area contributed by atoms with E-state index in [2.05, 4.69) is 5.32 Å². The Labute approximate surface area is 183 Å². The van der Waals surface area contributed by atoms with Crippen LogP contribution in [0, 0.1) is 5.82 Å². The lowest BCUT2D eigenvalue weighted by molar-refractivity contribution is -0.131. The topological polar surface area (TPSA) is 99.2 Å². The number of morpholine rings is 1. The Morgan fingerprint density at radius 2 is 1.81 bits per heavy atom. The van der Waals surface area contributed by atoms with Gasteiger partial charge in [0.2, 0.25) is 0 Å². The van der Waals surface area contributed by atoms with Crippen molar-refractivity contribution >= 4 is 23.6 Å². The zero-order valence-electron chi connectivity index (χ0n) is 17.4. The van der Waals surface area contributed by atoms with E-state index in [4.69, 9.17) is 4.74 Å². The first-order valence-electron chi connectivity index (χ1n) is 10.1. The lowest BCUT2D eigenvalue weighted by Gasteiger charge is -2.38. The summed E-state index contributed by atoms with van der Waals surface area (Å²) in [5.74, 6) is -1.82. The number of rotatable bonds is 4. The van der Waals surface area contributed by atoms with Crippen molar-refractivity contribution < 1.29 is 28.6 Å². The van der Waals surface area contributed by atoms with E-state index in [9.17, 15) is 23.9 Å². The van der Waals surface area contributed by atoms with E-state index in [0.717, 1.165) is 0 Å². The van der Waals surface area contributed by atoms with Gasteiger partial charge in [0.05, 0.1) is 36.1 Å². The summed E-state index contributed by atoms with van der Waals surface area (Å²) in [4.78, 5) is 41.0. The highest BCUT2D eigenvalue weighted by atomic mass is 19.1. The highest BCUT2D eigenvalue weighted by Gasteiger charge is 2.38. The predicted octanol–water partition coefficient (Wildman–Crippen LogP) is 2.93. The third-order valence-electron chi connectivity index (χ3n) is 5.57. The molecule has 0 spiro atoms. The second-order valence-corrected chi connectivity index (χ2v) is 7.53. The molecule has 3 amide bonds. The molecule has 1 saturated heterocycles. The van der Waals surface area contributed by atoms with Gasteiger partial charge in [-0.3, -0.25) is 9.69 Å². The number of halogens is 1. The number of aromatic carboxylic acids is 1. The molecule has 32 heavy (non-hydrogen) atoms. The van der Waals surface area contributed by atoms with Crippen LogP contribution < -0.4 is 10.2 Å². The molecule has 1 atom stereocenters. The van der Waals surface area contributed by atoms with E-state index >= 15 is 0 Å². The van der Waals surface area contributed by atoms with Crippen LogP contribution in [0.25, 0.3) is 0 Å². The first-order valence-corrected chi connectivity index (χ1v) is 10.1. The van der Waals surface area contributed by atoms with Gasteiger partial charge >= 0.3 is 12.0 Å². The molecule has 9 heteroatoms. The number of amides is 3. The van der Waals surface area contributed by atoms with Crippen molar-refractivity contribution in [3.8, 4) is 0 Å². The molecule has 2 aliphatic rings. The number of allylic oxidation sites excluding steroid dienone is 1. The van der Waals surface area contributed by atoms with Gasteiger partial charge in [0.25, 0.3) is 5.91 Å². The monoisotopic (exact) mass is 439 g/mol. The summed E-state index contributed by atoms with van der Waals surface area (Å²) < 4.78 is 18.8. The summed E-state index contributed by atoms with van der Waals surface area (Å²) >= 11 is 0. The maximum absolute atomic E-state index is 13.5. The molecule has 0 aromatic heterocycles. The quantitative estimate of drug-likeness (QED) is 0.763. The van der Waals surface area contributed by atoms with Crippen LogP contribution in [0.3, 0.4) is 0 Å². The Hall–Kier alpha value is -3.72. The van der Waals surface area contributed by atoms with Crippen molar-refractivity contribution in [2.24, 2.45) is 0 Å². The highest BCUT2D eigenvalue weighted by Crippen LogP contribution is 2.35. The largest absolute Gasteiger partial charge is 0.478 e. The number of ether oxygens (including phenoxy) is 1. The number of carboxylic acid groups (broad SMARTS) is 1. The fraction of sp³-hybridized carbons (Fsp3) is 0.261. The van der Waals surface area contributed by atoms with Crippen molar-refractivity contribution in [2.45, 2.75) is 13.0 Å². The number of carboxylic acids is 1. The summed E-state index contributed by atoms with van der Waals surface area (Å²) in [6.07, 6.45) is 0. The standard InChI is InChI=1S/C23H22FN3O5/c1-14-19(21(28)26-9-11-32-12-10-26)20(15-5-7-17(24)8-6-15)25-23(31)27(14)18-4-2-3-16(13-18)22(29)30/h2-8,13,20H,9-12H2,1H3,(H,25,31)(H,29,30)/t20-/m1/s1. The Morgan fingerprint density at radius 1 is 1.12 bits per heavy atom. The van der Waals surface area contributed by atoms with Crippen LogP contribution in [0.1, 0.15) is 28.9 Å². The maximum atomic E-state index is 13.5. The molecule has 0 radical (unpaired) electrons. The van der Waals surface area contributed by atoms with Crippen molar-refractivity contribution in [1.29, 1.82) is 0 Å². The smallest absolute Gasteiger partial charge is 0.335 e. The first-order chi connectivity index (χ1) is 15.4. The number of carbonyl (C=O) groups is 3. The van der Waals surface area contributed by atoms with Gasteiger partial charge < -0.3 is 20.1 Å². The Bertz CT molecular complexity index is 1090. The minimum absolute atomic E-state index is 0.0183. The average molecular weight is 439 g/mol. The van der Waals surface area contributed by atoms with Crippen molar-refractivity contribution in [1.82, 2.24) is 10.2 Å². The molecule has 0 aliphatic carbocycles. The second kappa shape index (κ2) is 8.80. The van der Waals surface area contributed by atoms with Crippen LogP contribution in [0.4, 0.5) is 14.9 Å². The third-order valence-corrected chi connectivity index (χ3v) is 5.57. The van der Waals surface area contributed by atoms with Gasteiger partial charge in [0, 0.05) is 18.8 Å². The summed E-state index contributed by atoms with van der Waals surface area (Å²) in [5.41, 5.74) is 1.62. The van der Waals surface area contributed by atoms with Crippen molar-refractivity contribution in [3.63, 3.8) is 0 Å². The number of nitrogens with zero attached hydrogens (tertiary/aromatic N) is 2. The van der Waals surface area contributed by atoms with Crippen LogP contribution in [-0.4, -0.2) is 54.2 Å². The third kappa shape index (κ3) is 4.06. The SMILES string of the molecule is CC1=C(C(=O)N2CCOCC2)[C@@H](c2ccc(F)cc2)NC(=O)N1c1cccc(C(=O)O)c1. The second-order valence-electron chi connectivity index (χ2n) is 7.53. The Kier molecular flexibility index (Phi) is 5.91. The Morgan fingerprint density at radius 3 is 2.47 bits per heavy atom. The number of benzene rings is 2. The number of urea groups is 1. The van der Waals surface area contributed by atoms with E-state index in [1.165, 1.54) is 47.4 Å². The van der Waals surface area contributed by atoms with E-state index in [1.54, 1.807) is 17.9 Å². The molecule has 4 rings (SSSR count). The lowest BCUT2D eigenvalue weighted by Crippen LogP contribution is -2.51. The molecule has 2 heterocycles. The van der Waals surface area contributed by atoms with Gasteiger partial charge in [-0.25, -0.2) is 14.0 Å². The molecule has 1 fully saturated rings. The summed E-state index contributed by atoms with van der Waals surface area (Å²) in [6, 6.07) is 10.2. The van der Waals surface area contributed by atoms with Crippen LogP contribution in [0.15, 0.2) is 59.8 Å². The molecule has 166 valence electrons. The minimum atomic E-state index is -1.13. The number of nitrogens with one attached hydrogen (secondary N) is 1. The summed E-state index contributed by atoms with van der Waals surface area (Å²) in [6.45, 7) is 3.30. The van der Waals surface area contributed by atoms with Gasteiger partial charge in [-0.05, 0) is 42.8 Å². The van der Waals surface area contributed by atoms with Crippen LogP contribution in [0.2, 0.25) is 0 Å². The first kappa shape index (κ1) is 21.5. The molecule has 0 saturated carbocycles. The molecule has 8 nitrogen and oxygen atoms in total. The zero-order valence-corrected chi connectivity index (χ0v) is 17.4. The molecule has 0 unspecified atom stereocenters. The number of hydrogen-bond acceptors (Lipinski definition) is 4. The van der Waals surface area contributed by atoms with Gasteiger partial charge in [0.15, 0.2) is 0 Å². The van der Waals surface area contributed by atoms with Gasteiger partial charge in [-0.2, -0.15) is 0 Å². The maximum Gasteiger partial charge on any atom is 0.335 e. The van der Waals surface area contributed by atoms with Gasteiger partial charge in [-0.1, -0.05) is 18.2 Å². The normalized spacial score (nSPS) is 19.1. The summed E-state index contributed by atoms with van der Waals surface area (Å²) in [7, 11) is 0. The van der Waals surface area contributed by atoms with E-state index < -0.39 is 23.9 Å². The molecule has 2 aromatic carbocycles. The van der Waals surface area contributed by atoms with Crippen LogP contribution >= 0.6 is 0 Å². The van der Waals surface area contributed by atoms with E-state index in [0.29, 0.717) is 48.8 Å². The molecular formula is C23H22FN3O5. The van der Waals surface area contributed by atoms with E-state index in [1.807, 2.05) is 0 Å². The molecule has 2 aromatic rings. The van der Waals surface area contributed by atoms with E-state index in [-0.39, 0.29) is 11.5 Å². The fourth-order valence-corrected chi connectivity index (χ4v) is 3.95. The highest BCUT2D eigenvalue weighted by molar-refractivity contribution is 6.05. The molecule has 0 bridgehead atoms.